The second-order valence-corrected chi connectivity index (χ2v) is 3.97. The van der Waals surface area contributed by atoms with E-state index in [0.29, 0.717) is 5.75 Å². The van der Waals surface area contributed by atoms with E-state index in [1.165, 1.54) is 5.69 Å². The van der Waals surface area contributed by atoms with Gasteiger partial charge in [-0.2, -0.15) is 12.6 Å². The molecule has 1 N–H and O–H groups in total. The molecule has 0 saturated heterocycles. The van der Waals surface area contributed by atoms with Gasteiger partial charge < -0.3 is 4.98 Å². The van der Waals surface area contributed by atoms with Crippen molar-refractivity contribution in [2.75, 3.05) is 0 Å². The van der Waals surface area contributed by atoms with E-state index in [1.54, 1.807) is 0 Å². The van der Waals surface area contributed by atoms with Crippen LogP contribution in [0.1, 0.15) is 32.3 Å². The van der Waals surface area contributed by atoms with E-state index in [9.17, 15) is 0 Å². The van der Waals surface area contributed by atoms with Crippen molar-refractivity contribution >= 4 is 12.6 Å². The van der Waals surface area contributed by atoms with Gasteiger partial charge in [0.05, 0.1) is 0 Å². The zero-order chi connectivity index (χ0) is 8.48. The summed E-state index contributed by atoms with van der Waals surface area (Å²) in [6, 6.07) is 0. The van der Waals surface area contributed by atoms with Crippen LogP contribution in [0.3, 0.4) is 0 Å². The van der Waals surface area contributed by atoms with E-state index < -0.39 is 0 Å². The average molecular weight is 170 g/mol. The Morgan fingerprint density at radius 2 is 2.18 bits per heavy atom. The molecule has 1 aromatic rings. The van der Waals surface area contributed by atoms with Gasteiger partial charge >= 0.3 is 0 Å². The largest absolute Gasteiger partial charge is 0.345 e. The van der Waals surface area contributed by atoms with Crippen molar-refractivity contribution in [2.24, 2.45) is 0 Å². The monoisotopic (exact) mass is 170 g/mol. The minimum Gasteiger partial charge on any atom is -0.345 e. The third kappa shape index (κ3) is 1.99. The van der Waals surface area contributed by atoms with Crippen LogP contribution in [0.2, 0.25) is 0 Å². The summed E-state index contributed by atoms with van der Waals surface area (Å²) in [7, 11) is 0. The molecule has 0 aromatic carbocycles. The van der Waals surface area contributed by atoms with Crippen molar-refractivity contribution in [3.05, 3.63) is 17.7 Å². The van der Waals surface area contributed by atoms with Gasteiger partial charge in [-0.15, -0.1) is 0 Å². The topological polar surface area (TPSA) is 28.7 Å². The Hall–Kier alpha value is -0.440. The molecule has 0 saturated carbocycles. The summed E-state index contributed by atoms with van der Waals surface area (Å²) < 4.78 is 0. The number of nitrogens with one attached hydrogen (secondary N) is 1. The van der Waals surface area contributed by atoms with Crippen LogP contribution in [0.5, 0.6) is 0 Å². The van der Waals surface area contributed by atoms with Gasteiger partial charge in [-0.1, -0.05) is 20.8 Å². The SMILES string of the molecule is CC(C)(C)c1cnc(CS)[nH]1. The van der Waals surface area contributed by atoms with Gasteiger partial charge in [0.1, 0.15) is 5.82 Å². The number of aromatic amines is 1. The molecule has 0 radical (unpaired) electrons. The van der Waals surface area contributed by atoms with Crippen LogP contribution in [0.15, 0.2) is 6.20 Å². The predicted octanol–water partition coefficient (Wildman–Crippen LogP) is 2.14. The Balaban J connectivity index is 2.89. The first-order chi connectivity index (χ1) is 5.04. The predicted molar refractivity (Wildman–Crippen MR) is 50.0 cm³/mol. The number of H-pyrrole nitrogens is 1. The lowest BCUT2D eigenvalue weighted by Crippen LogP contribution is -2.11. The molecule has 2 nitrogen and oxygen atoms in total. The molecule has 11 heavy (non-hydrogen) atoms. The summed E-state index contributed by atoms with van der Waals surface area (Å²) in [4.78, 5) is 7.38. The molecular weight excluding hydrogens is 156 g/mol. The summed E-state index contributed by atoms with van der Waals surface area (Å²) in [5.41, 5.74) is 1.33. The number of hydrogen-bond acceptors (Lipinski definition) is 2. The first-order valence-corrected chi connectivity index (χ1v) is 4.32. The fraction of sp³-hybridized carbons (Fsp3) is 0.625. The van der Waals surface area contributed by atoms with Crippen LogP contribution < -0.4 is 0 Å². The fourth-order valence-corrected chi connectivity index (χ4v) is 0.985. The number of nitrogens with zero attached hydrogens (tertiary/aromatic N) is 1. The van der Waals surface area contributed by atoms with Crippen LogP contribution >= 0.6 is 12.6 Å². The third-order valence-corrected chi connectivity index (χ3v) is 1.89. The normalized spacial score (nSPS) is 12.0. The molecule has 0 aliphatic heterocycles. The first kappa shape index (κ1) is 8.65. The quantitative estimate of drug-likeness (QED) is 0.621. The van der Waals surface area contributed by atoms with E-state index in [-0.39, 0.29) is 5.41 Å². The Labute approximate surface area is 72.8 Å². The molecule has 0 amide bonds. The number of aromatic nitrogens is 2. The van der Waals surface area contributed by atoms with Gasteiger partial charge in [-0.05, 0) is 0 Å². The van der Waals surface area contributed by atoms with Crippen LogP contribution in [0, 0.1) is 0 Å². The first-order valence-electron chi connectivity index (χ1n) is 3.69. The minimum absolute atomic E-state index is 0.161. The Morgan fingerprint density at radius 3 is 2.45 bits per heavy atom. The molecular formula is C8H14N2S. The van der Waals surface area contributed by atoms with E-state index >= 15 is 0 Å². The highest BCUT2D eigenvalue weighted by Gasteiger charge is 2.15. The van der Waals surface area contributed by atoms with Gasteiger partial charge in [0, 0.05) is 23.1 Å². The van der Waals surface area contributed by atoms with Gasteiger partial charge in [0.25, 0.3) is 0 Å². The molecule has 3 heteroatoms. The Bertz CT molecular complexity index is 234. The zero-order valence-electron chi connectivity index (χ0n) is 7.18. The molecule has 1 heterocycles. The molecule has 0 unspecified atom stereocenters. The highest BCUT2D eigenvalue weighted by Crippen LogP contribution is 2.19. The molecule has 0 spiro atoms. The van der Waals surface area contributed by atoms with Crippen molar-refractivity contribution in [1.29, 1.82) is 0 Å². The number of rotatable bonds is 1. The lowest BCUT2D eigenvalue weighted by Gasteiger charge is -2.14. The maximum absolute atomic E-state index is 4.17. The van der Waals surface area contributed by atoms with E-state index in [4.69, 9.17) is 0 Å². The van der Waals surface area contributed by atoms with Crippen molar-refractivity contribution < 1.29 is 0 Å². The number of thiol groups is 1. The zero-order valence-corrected chi connectivity index (χ0v) is 8.07. The van der Waals surface area contributed by atoms with Crippen LogP contribution in [0.4, 0.5) is 0 Å². The molecule has 0 bridgehead atoms. The summed E-state index contributed by atoms with van der Waals surface area (Å²) in [6.45, 7) is 6.47. The summed E-state index contributed by atoms with van der Waals surface area (Å²) >= 11 is 4.13. The van der Waals surface area contributed by atoms with Crippen LogP contribution in [-0.2, 0) is 11.2 Å². The van der Waals surface area contributed by atoms with Gasteiger partial charge in [-0.25, -0.2) is 4.98 Å². The molecule has 1 aromatic heterocycles. The Kier molecular flexibility index (Phi) is 2.28. The van der Waals surface area contributed by atoms with Gasteiger partial charge in [-0.3, -0.25) is 0 Å². The van der Waals surface area contributed by atoms with Crippen LogP contribution in [-0.4, -0.2) is 9.97 Å². The lowest BCUT2D eigenvalue weighted by atomic mass is 9.93. The van der Waals surface area contributed by atoms with Crippen molar-refractivity contribution in [2.45, 2.75) is 31.9 Å². The van der Waals surface area contributed by atoms with Crippen molar-refractivity contribution in [1.82, 2.24) is 9.97 Å². The molecule has 0 fully saturated rings. The molecule has 62 valence electrons. The van der Waals surface area contributed by atoms with E-state index in [0.717, 1.165) is 5.82 Å². The van der Waals surface area contributed by atoms with E-state index in [1.807, 2.05) is 6.20 Å². The summed E-state index contributed by atoms with van der Waals surface area (Å²) in [5.74, 6) is 1.62. The molecule has 0 atom stereocenters. The lowest BCUT2D eigenvalue weighted by molar-refractivity contribution is 0.571. The maximum atomic E-state index is 4.17. The summed E-state index contributed by atoms with van der Waals surface area (Å²) in [6.07, 6.45) is 1.88. The fourth-order valence-electron chi connectivity index (χ4n) is 0.824. The smallest absolute Gasteiger partial charge is 0.116 e. The van der Waals surface area contributed by atoms with Gasteiger partial charge in [0.15, 0.2) is 0 Å². The minimum atomic E-state index is 0.161. The second kappa shape index (κ2) is 2.89. The number of hydrogen-bond donors (Lipinski definition) is 2. The second-order valence-electron chi connectivity index (χ2n) is 3.65. The highest BCUT2D eigenvalue weighted by atomic mass is 32.1. The third-order valence-electron chi connectivity index (χ3n) is 1.59. The standard InChI is InChI=1S/C8H14N2S/c1-8(2,3)6-4-9-7(5-11)10-6/h4,11H,5H2,1-3H3,(H,9,10). The van der Waals surface area contributed by atoms with E-state index in [2.05, 4.69) is 43.4 Å². The number of imidazole rings is 1. The molecule has 0 aliphatic carbocycles. The summed E-state index contributed by atoms with van der Waals surface area (Å²) in [5, 5.41) is 0. The maximum Gasteiger partial charge on any atom is 0.116 e. The molecule has 1 rings (SSSR count). The van der Waals surface area contributed by atoms with Crippen molar-refractivity contribution in [3.63, 3.8) is 0 Å². The average Bonchev–Trinajstić information content (AvgIpc) is 2.32. The Morgan fingerprint density at radius 1 is 1.55 bits per heavy atom. The van der Waals surface area contributed by atoms with Gasteiger partial charge in [0.2, 0.25) is 0 Å². The highest BCUT2D eigenvalue weighted by molar-refractivity contribution is 7.79. The van der Waals surface area contributed by atoms with Crippen LogP contribution in [0.25, 0.3) is 0 Å². The molecule has 0 aliphatic rings. The van der Waals surface area contributed by atoms with Crippen molar-refractivity contribution in [3.8, 4) is 0 Å².